The van der Waals surface area contributed by atoms with Crippen molar-refractivity contribution in [1.82, 2.24) is 25.1 Å². The number of aryl methyl sites for hydroxylation is 2. The Hall–Kier alpha value is -3.47. The maximum absolute atomic E-state index is 12.9. The highest BCUT2D eigenvalue weighted by Gasteiger charge is 2.28. The number of hydrogen-bond acceptors (Lipinski definition) is 6. The molecule has 0 unspecified atom stereocenters. The van der Waals surface area contributed by atoms with Gasteiger partial charge in [-0.3, -0.25) is 9.48 Å². The average molecular weight is 389 g/mol. The van der Waals surface area contributed by atoms with Gasteiger partial charge in [-0.25, -0.2) is 9.97 Å². The van der Waals surface area contributed by atoms with Crippen LogP contribution in [0.15, 0.2) is 30.6 Å². The highest BCUT2D eigenvalue weighted by Crippen LogP contribution is 2.24. The molecule has 0 saturated heterocycles. The number of nitrogens with zero attached hydrogens (tertiary/aromatic N) is 5. The summed E-state index contributed by atoms with van der Waals surface area (Å²) in [5, 5.41) is 20.9. The van der Waals surface area contributed by atoms with E-state index in [0.29, 0.717) is 16.9 Å². The van der Waals surface area contributed by atoms with E-state index in [9.17, 15) is 10.1 Å². The number of anilines is 1. The van der Waals surface area contributed by atoms with Gasteiger partial charge in [0, 0.05) is 36.4 Å². The number of fused-ring (bicyclic) bond motifs is 1. The minimum atomic E-state index is -0.153. The Labute approximate surface area is 169 Å². The van der Waals surface area contributed by atoms with E-state index in [1.54, 1.807) is 23.1 Å². The Morgan fingerprint density at radius 2 is 2.03 bits per heavy atom. The van der Waals surface area contributed by atoms with E-state index in [0.717, 1.165) is 42.4 Å². The minimum Gasteiger partial charge on any atom is -0.364 e. The number of nitrogens with one attached hydrogen (secondary N) is 2. The Balaban J connectivity index is 1.52. The van der Waals surface area contributed by atoms with Crippen molar-refractivity contribution in [3.63, 3.8) is 0 Å². The summed E-state index contributed by atoms with van der Waals surface area (Å²) in [5.41, 5.74) is 2.62. The van der Waals surface area contributed by atoms with Crippen molar-refractivity contribution < 1.29 is 4.79 Å². The lowest BCUT2D eigenvalue weighted by Gasteiger charge is -2.33. The first-order valence-corrected chi connectivity index (χ1v) is 9.78. The quantitative estimate of drug-likeness (QED) is 0.710. The van der Waals surface area contributed by atoms with E-state index in [1.165, 1.54) is 0 Å². The molecular weight excluding hydrogens is 366 g/mol. The summed E-state index contributed by atoms with van der Waals surface area (Å²) in [4.78, 5) is 21.7. The van der Waals surface area contributed by atoms with Gasteiger partial charge in [0.05, 0.1) is 17.3 Å². The second-order valence-corrected chi connectivity index (χ2v) is 7.48. The number of carbonyl (C=O) groups excluding carboxylic acids is 1. The zero-order valence-electron chi connectivity index (χ0n) is 16.5. The maximum atomic E-state index is 12.9. The van der Waals surface area contributed by atoms with Crippen LogP contribution in [0, 0.1) is 18.3 Å². The molecule has 0 radical (unpaired) electrons. The van der Waals surface area contributed by atoms with Crippen LogP contribution in [0.1, 0.15) is 47.3 Å². The molecule has 3 aromatic rings. The normalized spacial score (nSPS) is 18.9. The second-order valence-electron chi connectivity index (χ2n) is 7.48. The first kappa shape index (κ1) is 18.9. The molecule has 2 N–H and O–H groups in total. The van der Waals surface area contributed by atoms with Crippen LogP contribution in [0.5, 0.6) is 0 Å². The number of aromatic nitrogens is 4. The fraction of sp³-hybridized carbons (Fsp3) is 0.381. The molecule has 4 rings (SSSR count). The van der Waals surface area contributed by atoms with Crippen LogP contribution >= 0.6 is 0 Å². The van der Waals surface area contributed by atoms with Crippen molar-refractivity contribution in [2.24, 2.45) is 7.05 Å². The molecule has 0 spiro atoms. The van der Waals surface area contributed by atoms with E-state index in [-0.39, 0.29) is 18.0 Å². The third-order valence-corrected chi connectivity index (χ3v) is 5.39. The van der Waals surface area contributed by atoms with Crippen molar-refractivity contribution in [3.05, 3.63) is 47.4 Å². The molecule has 1 saturated carbocycles. The van der Waals surface area contributed by atoms with Crippen molar-refractivity contribution in [2.75, 3.05) is 5.32 Å². The molecule has 1 fully saturated rings. The summed E-state index contributed by atoms with van der Waals surface area (Å²) in [6.45, 7) is 1.90. The van der Waals surface area contributed by atoms with Gasteiger partial charge in [-0.1, -0.05) is 12.8 Å². The van der Waals surface area contributed by atoms with Crippen LogP contribution in [-0.4, -0.2) is 37.7 Å². The predicted molar refractivity (Wildman–Crippen MR) is 109 cm³/mol. The highest BCUT2D eigenvalue weighted by atomic mass is 16.1. The maximum Gasteiger partial charge on any atom is 0.253 e. The summed E-state index contributed by atoms with van der Waals surface area (Å²) in [7, 11) is 1.82. The van der Waals surface area contributed by atoms with Gasteiger partial charge in [-0.15, -0.1) is 0 Å². The predicted octanol–water partition coefficient (Wildman–Crippen LogP) is 2.70. The number of carbonyl (C=O) groups is 1. The summed E-state index contributed by atoms with van der Waals surface area (Å²) >= 11 is 0. The lowest BCUT2D eigenvalue weighted by molar-refractivity contribution is 0.0923. The molecule has 148 valence electrons. The molecule has 0 aliphatic heterocycles. The zero-order valence-corrected chi connectivity index (χ0v) is 16.5. The molecule has 0 aromatic carbocycles. The van der Waals surface area contributed by atoms with E-state index in [1.807, 2.05) is 26.1 Å². The Morgan fingerprint density at radius 1 is 1.24 bits per heavy atom. The van der Waals surface area contributed by atoms with Gasteiger partial charge >= 0.3 is 0 Å². The lowest BCUT2D eigenvalue weighted by atomic mass is 9.90. The SMILES string of the molecule is Cc1ccc(C#N)c(N[C@@H]2CCCC[C@H]2NC(=O)c2cnc3c(cnn3C)c2)n1. The molecule has 0 bridgehead atoms. The van der Waals surface area contributed by atoms with E-state index >= 15 is 0 Å². The van der Waals surface area contributed by atoms with Crippen LogP contribution in [-0.2, 0) is 7.05 Å². The fourth-order valence-electron chi connectivity index (χ4n) is 3.83. The van der Waals surface area contributed by atoms with Crippen molar-refractivity contribution in [1.29, 1.82) is 5.26 Å². The molecular formula is C21H23N7O. The van der Waals surface area contributed by atoms with Crippen LogP contribution in [0.3, 0.4) is 0 Å². The number of pyridine rings is 2. The van der Waals surface area contributed by atoms with Crippen LogP contribution < -0.4 is 10.6 Å². The van der Waals surface area contributed by atoms with E-state index in [4.69, 9.17) is 0 Å². The topological polar surface area (TPSA) is 109 Å². The molecule has 3 heterocycles. The Morgan fingerprint density at radius 3 is 2.83 bits per heavy atom. The Bertz CT molecular complexity index is 1100. The van der Waals surface area contributed by atoms with Gasteiger partial charge < -0.3 is 10.6 Å². The number of rotatable bonds is 4. The molecule has 3 aromatic heterocycles. The highest BCUT2D eigenvalue weighted by molar-refractivity contribution is 5.97. The van der Waals surface area contributed by atoms with E-state index in [2.05, 4.69) is 31.8 Å². The lowest BCUT2D eigenvalue weighted by Crippen LogP contribution is -2.48. The van der Waals surface area contributed by atoms with Crippen LogP contribution in [0.2, 0.25) is 0 Å². The van der Waals surface area contributed by atoms with Gasteiger partial charge in [-0.2, -0.15) is 10.4 Å². The first-order valence-electron chi connectivity index (χ1n) is 9.78. The number of nitriles is 1. The van der Waals surface area contributed by atoms with Crippen LogP contribution in [0.4, 0.5) is 5.82 Å². The van der Waals surface area contributed by atoms with Crippen molar-refractivity contribution in [2.45, 2.75) is 44.7 Å². The average Bonchev–Trinajstić information content (AvgIpc) is 3.10. The standard InChI is InChI=1S/C21H23N7O/c1-13-7-8-14(10-22)19(25-13)26-17-5-3-4-6-18(17)27-21(29)16-9-15-12-24-28(2)20(15)23-11-16/h7-9,11-12,17-18H,3-6H2,1-2H3,(H,25,26)(H,27,29)/t17-,18-/m1/s1. The molecule has 1 amide bonds. The van der Waals surface area contributed by atoms with Gasteiger partial charge in [0.25, 0.3) is 5.91 Å². The van der Waals surface area contributed by atoms with Crippen molar-refractivity contribution in [3.8, 4) is 6.07 Å². The minimum absolute atomic E-state index is 0.0178. The molecule has 8 heteroatoms. The number of hydrogen-bond donors (Lipinski definition) is 2. The smallest absolute Gasteiger partial charge is 0.253 e. The third kappa shape index (κ3) is 3.90. The Kier molecular flexibility index (Phi) is 5.12. The first-order chi connectivity index (χ1) is 14.0. The summed E-state index contributed by atoms with van der Waals surface area (Å²) in [5.74, 6) is 0.428. The van der Waals surface area contributed by atoms with Crippen LogP contribution in [0.25, 0.3) is 11.0 Å². The van der Waals surface area contributed by atoms with Gasteiger partial charge in [0.2, 0.25) is 0 Å². The summed E-state index contributed by atoms with van der Waals surface area (Å²) in [6, 6.07) is 7.57. The molecule has 1 aliphatic carbocycles. The van der Waals surface area contributed by atoms with Gasteiger partial charge in [0.1, 0.15) is 11.9 Å². The van der Waals surface area contributed by atoms with E-state index < -0.39 is 0 Å². The van der Waals surface area contributed by atoms with Gasteiger partial charge in [-0.05, 0) is 38.0 Å². The third-order valence-electron chi connectivity index (χ3n) is 5.39. The largest absolute Gasteiger partial charge is 0.364 e. The second kappa shape index (κ2) is 7.87. The van der Waals surface area contributed by atoms with Crippen molar-refractivity contribution >= 4 is 22.8 Å². The molecule has 1 aliphatic rings. The molecule has 2 atom stereocenters. The van der Waals surface area contributed by atoms with Gasteiger partial charge in [0.15, 0.2) is 5.65 Å². The number of amides is 1. The summed E-state index contributed by atoms with van der Waals surface area (Å²) in [6.07, 6.45) is 7.19. The molecule has 29 heavy (non-hydrogen) atoms. The fourth-order valence-corrected chi connectivity index (χ4v) is 3.83. The zero-order chi connectivity index (χ0) is 20.4. The monoisotopic (exact) mass is 389 g/mol. The molecule has 8 nitrogen and oxygen atoms in total. The summed E-state index contributed by atoms with van der Waals surface area (Å²) < 4.78 is 1.68.